The molecule has 0 radical (unpaired) electrons. The zero-order valence-corrected chi connectivity index (χ0v) is 14.8. The van der Waals surface area contributed by atoms with Gasteiger partial charge < -0.3 is 14.7 Å². The summed E-state index contributed by atoms with van der Waals surface area (Å²) in [5.41, 5.74) is 1.12. The molecule has 1 amide bonds. The standard InChI is InChI=1S/C18H21NO4S/c1-4-19(17(20)15-9-10-16(24-15)18(21)22)12(2)11-13-5-7-14(23-3)8-6-13/h5-10,12H,4,11H2,1-3H3,(H,21,22). The van der Waals surface area contributed by atoms with E-state index < -0.39 is 5.97 Å². The maximum absolute atomic E-state index is 12.7. The minimum absolute atomic E-state index is 0.00581. The maximum atomic E-state index is 12.7. The van der Waals surface area contributed by atoms with Gasteiger partial charge in [-0.05, 0) is 50.1 Å². The molecule has 1 aromatic heterocycles. The van der Waals surface area contributed by atoms with Crippen molar-refractivity contribution in [2.75, 3.05) is 13.7 Å². The van der Waals surface area contributed by atoms with Crippen molar-refractivity contribution in [3.8, 4) is 5.75 Å². The van der Waals surface area contributed by atoms with E-state index in [1.807, 2.05) is 38.1 Å². The van der Waals surface area contributed by atoms with E-state index in [-0.39, 0.29) is 16.8 Å². The maximum Gasteiger partial charge on any atom is 0.345 e. The van der Waals surface area contributed by atoms with E-state index in [0.29, 0.717) is 11.4 Å². The van der Waals surface area contributed by atoms with Gasteiger partial charge in [0.2, 0.25) is 0 Å². The summed E-state index contributed by atoms with van der Waals surface area (Å²) in [6, 6.07) is 10.8. The number of aromatic carboxylic acids is 1. The normalized spacial score (nSPS) is 11.8. The van der Waals surface area contributed by atoms with Crippen LogP contribution in [0, 0.1) is 0 Å². The highest BCUT2D eigenvalue weighted by molar-refractivity contribution is 7.15. The van der Waals surface area contributed by atoms with Gasteiger partial charge in [0.05, 0.1) is 12.0 Å². The van der Waals surface area contributed by atoms with Gasteiger partial charge in [-0.15, -0.1) is 11.3 Å². The highest BCUT2D eigenvalue weighted by Gasteiger charge is 2.22. The number of carbonyl (C=O) groups is 2. The number of thiophene rings is 1. The van der Waals surface area contributed by atoms with Crippen LogP contribution in [0.3, 0.4) is 0 Å². The number of nitrogens with zero attached hydrogens (tertiary/aromatic N) is 1. The molecule has 1 aromatic carbocycles. The van der Waals surface area contributed by atoms with Gasteiger partial charge in [-0.1, -0.05) is 12.1 Å². The highest BCUT2D eigenvalue weighted by Crippen LogP contribution is 2.21. The summed E-state index contributed by atoms with van der Waals surface area (Å²) in [5, 5.41) is 9.00. The van der Waals surface area contributed by atoms with Crippen molar-refractivity contribution in [1.29, 1.82) is 0 Å². The van der Waals surface area contributed by atoms with Crippen LogP contribution in [0.2, 0.25) is 0 Å². The van der Waals surface area contributed by atoms with Crippen LogP contribution < -0.4 is 4.74 Å². The lowest BCUT2D eigenvalue weighted by Gasteiger charge is -2.28. The van der Waals surface area contributed by atoms with Crippen molar-refractivity contribution >= 4 is 23.2 Å². The van der Waals surface area contributed by atoms with E-state index in [1.54, 1.807) is 18.1 Å². The van der Waals surface area contributed by atoms with E-state index >= 15 is 0 Å². The second-order valence-electron chi connectivity index (χ2n) is 5.46. The molecule has 0 aliphatic heterocycles. The molecule has 1 unspecified atom stereocenters. The average molecular weight is 347 g/mol. The molecule has 1 heterocycles. The van der Waals surface area contributed by atoms with Crippen LogP contribution in [0.4, 0.5) is 0 Å². The number of amides is 1. The molecular formula is C18H21NO4S. The Balaban J connectivity index is 2.10. The van der Waals surface area contributed by atoms with E-state index in [0.717, 1.165) is 29.1 Å². The number of hydrogen-bond donors (Lipinski definition) is 1. The molecule has 2 aromatic rings. The van der Waals surface area contributed by atoms with Crippen molar-refractivity contribution in [1.82, 2.24) is 4.90 Å². The second-order valence-corrected chi connectivity index (χ2v) is 6.55. The Morgan fingerprint density at radius 2 is 1.79 bits per heavy atom. The van der Waals surface area contributed by atoms with Gasteiger partial charge in [-0.3, -0.25) is 4.79 Å². The van der Waals surface area contributed by atoms with Crippen LogP contribution in [0.25, 0.3) is 0 Å². The highest BCUT2D eigenvalue weighted by atomic mass is 32.1. The summed E-state index contributed by atoms with van der Waals surface area (Å²) >= 11 is 1.01. The van der Waals surface area contributed by atoms with E-state index in [9.17, 15) is 9.59 Å². The Bertz CT molecular complexity index is 708. The average Bonchev–Trinajstić information content (AvgIpc) is 3.06. The van der Waals surface area contributed by atoms with Gasteiger partial charge in [0.1, 0.15) is 10.6 Å². The molecular weight excluding hydrogens is 326 g/mol. The first-order chi connectivity index (χ1) is 11.5. The third-order valence-corrected chi connectivity index (χ3v) is 4.91. The van der Waals surface area contributed by atoms with E-state index in [2.05, 4.69) is 0 Å². The Morgan fingerprint density at radius 1 is 1.17 bits per heavy atom. The van der Waals surface area contributed by atoms with Crippen LogP contribution in [0.15, 0.2) is 36.4 Å². The molecule has 0 aliphatic carbocycles. The molecule has 24 heavy (non-hydrogen) atoms. The molecule has 0 fully saturated rings. The number of methoxy groups -OCH3 is 1. The number of likely N-dealkylation sites (N-methyl/N-ethyl adjacent to an activating group) is 1. The van der Waals surface area contributed by atoms with Crippen LogP contribution in [-0.4, -0.2) is 41.6 Å². The fourth-order valence-corrected chi connectivity index (χ4v) is 3.38. The fraction of sp³-hybridized carbons (Fsp3) is 0.333. The van der Waals surface area contributed by atoms with Crippen molar-refractivity contribution in [3.63, 3.8) is 0 Å². The van der Waals surface area contributed by atoms with E-state index in [4.69, 9.17) is 9.84 Å². The molecule has 0 spiro atoms. The van der Waals surface area contributed by atoms with Crippen molar-refractivity contribution < 1.29 is 19.4 Å². The Kier molecular flexibility index (Phi) is 5.98. The minimum Gasteiger partial charge on any atom is -0.497 e. The molecule has 1 atom stereocenters. The Hall–Kier alpha value is -2.34. The van der Waals surface area contributed by atoms with Crippen molar-refractivity contribution in [3.05, 3.63) is 51.7 Å². The predicted octanol–water partition coefficient (Wildman–Crippen LogP) is 3.55. The number of carboxylic acid groups (broad SMARTS) is 1. The third kappa shape index (κ3) is 4.14. The number of ether oxygens (including phenoxy) is 1. The van der Waals surface area contributed by atoms with Gasteiger partial charge in [0, 0.05) is 12.6 Å². The van der Waals surface area contributed by atoms with E-state index in [1.165, 1.54) is 6.07 Å². The lowest BCUT2D eigenvalue weighted by Crippen LogP contribution is -2.39. The molecule has 5 nitrogen and oxygen atoms in total. The first kappa shape index (κ1) is 18.0. The first-order valence-corrected chi connectivity index (χ1v) is 8.55. The number of hydrogen-bond acceptors (Lipinski definition) is 4. The number of carbonyl (C=O) groups excluding carboxylic acids is 1. The number of rotatable bonds is 7. The smallest absolute Gasteiger partial charge is 0.345 e. The molecule has 6 heteroatoms. The largest absolute Gasteiger partial charge is 0.497 e. The zero-order valence-electron chi connectivity index (χ0n) is 14.0. The lowest BCUT2D eigenvalue weighted by molar-refractivity contribution is 0.0697. The first-order valence-electron chi connectivity index (χ1n) is 7.73. The van der Waals surface area contributed by atoms with Crippen LogP contribution in [0.1, 0.15) is 38.8 Å². The van der Waals surface area contributed by atoms with Gasteiger partial charge in [0.25, 0.3) is 5.91 Å². The predicted molar refractivity (Wildman–Crippen MR) is 94.1 cm³/mol. The molecule has 0 aliphatic rings. The van der Waals surface area contributed by atoms with Gasteiger partial charge in [-0.25, -0.2) is 4.79 Å². The molecule has 1 N–H and O–H groups in total. The summed E-state index contributed by atoms with van der Waals surface area (Å²) in [7, 11) is 1.63. The summed E-state index contributed by atoms with van der Waals surface area (Å²) in [4.78, 5) is 26.0. The van der Waals surface area contributed by atoms with Crippen molar-refractivity contribution in [2.45, 2.75) is 26.3 Å². The monoisotopic (exact) mass is 347 g/mol. The Labute approximate surface area is 145 Å². The zero-order chi connectivity index (χ0) is 17.7. The van der Waals surface area contributed by atoms with Crippen molar-refractivity contribution in [2.24, 2.45) is 0 Å². The summed E-state index contributed by atoms with van der Waals surface area (Å²) in [5.74, 6) is -0.334. The molecule has 2 rings (SSSR count). The summed E-state index contributed by atoms with van der Waals surface area (Å²) < 4.78 is 5.15. The molecule has 0 saturated heterocycles. The fourth-order valence-electron chi connectivity index (χ4n) is 2.58. The quantitative estimate of drug-likeness (QED) is 0.832. The Morgan fingerprint density at radius 3 is 2.29 bits per heavy atom. The molecule has 0 saturated carbocycles. The second kappa shape index (κ2) is 7.97. The van der Waals surface area contributed by atoms with Crippen LogP contribution in [0.5, 0.6) is 5.75 Å². The SMILES string of the molecule is CCN(C(=O)c1ccc(C(=O)O)s1)C(C)Cc1ccc(OC)cc1. The third-order valence-electron chi connectivity index (χ3n) is 3.85. The van der Waals surface area contributed by atoms with Crippen LogP contribution in [-0.2, 0) is 6.42 Å². The molecule has 0 bridgehead atoms. The van der Waals surface area contributed by atoms with Gasteiger partial charge >= 0.3 is 5.97 Å². The minimum atomic E-state index is -1.01. The summed E-state index contributed by atoms with van der Waals surface area (Å²) in [6.07, 6.45) is 0.723. The summed E-state index contributed by atoms with van der Waals surface area (Å²) in [6.45, 7) is 4.49. The molecule has 128 valence electrons. The lowest BCUT2D eigenvalue weighted by atomic mass is 10.1. The topological polar surface area (TPSA) is 66.8 Å². The van der Waals surface area contributed by atoms with Gasteiger partial charge in [0.15, 0.2) is 0 Å². The van der Waals surface area contributed by atoms with Crippen LogP contribution >= 0.6 is 11.3 Å². The van der Waals surface area contributed by atoms with Gasteiger partial charge in [-0.2, -0.15) is 0 Å². The number of carboxylic acids is 1. The number of benzene rings is 1.